The lowest BCUT2D eigenvalue weighted by atomic mass is 10.1. The van der Waals surface area contributed by atoms with Crippen LogP contribution in [0.1, 0.15) is 37.0 Å². The quantitative estimate of drug-likeness (QED) is 0.551. The number of benzene rings is 1. The van der Waals surface area contributed by atoms with Crippen molar-refractivity contribution in [1.29, 1.82) is 0 Å². The fourth-order valence-electron chi connectivity index (χ4n) is 1.25. The average molecular weight is 210 g/mol. The second-order valence-corrected chi connectivity index (χ2v) is 3.37. The van der Waals surface area contributed by atoms with Crippen molar-refractivity contribution in [2.24, 2.45) is 0 Å². The van der Waals surface area contributed by atoms with Gasteiger partial charge < -0.3 is 4.74 Å². The molecule has 0 unspecified atom stereocenters. The highest BCUT2D eigenvalue weighted by Gasteiger charge is 2.12. The minimum Gasteiger partial charge on any atom is -0.490 e. The monoisotopic (exact) mass is 210 g/mol. The van der Waals surface area contributed by atoms with E-state index in [-0.39, 0.29) is 11.5 Å². The summed E-state index contributed by atoms with van der Waals surface area (Å²) in [5.74, 6) is -0.571. The van der Waals surface area contributed by atoms with Crippen molar-refractivity contribution in [3.05, 3.63) is 29.6 Å². The Morgan fingerprint density at radius 2 is 2.20 bits per heavy atom. The number of hydrogen-bond donors (Lipinski definition) is 0. The van der Waals surface area contributed by atoms with E-state index in [9.17, 15) is 9.18 Å². The van der Waals surface area contributed by atoms with Gasteiger partial charge in [0.1, 0.15) is 0 Å². The molecule has 1 aromatic rings. The average Bonchev–Trinajstić information content (AvgIpc) is 2.20. The molecule has 0 saturated heterocycles. The Morgan fingerprint density at radius 3 is 2.80 bits per heavy atom. The summed E-state index contributed by atoms with van der Waals surface area (Å²) in [6.07, 6.45) is 1.83. The highest BCUT2D eigenvalue weighted by atomic mass is 19.1. The molecule has 0 radical (unpaired) electrons. The first-order valence-electron chi connectivity index (χ1n) is 5.09. The number of hydrogen-bond acceptors (Lipinski definition) is 2. The largest absolute Gasteiger partial charge is 0.490 e. The summed E-state index contributed by atoms with van der Waals surface area (Å²) in [5.41, 5.74) is 0.311. The summed E-state index contributed by atoms with van der Waals surface area (Å²) >= 11 is 0. The lowest BCUT2D eigenvalue weighted by molar-refractivity contribution is 0.101. The molecule has 0 N–H and O–H groups in total. The molecule has 0 aromatic heterocycles. The molecule has 0 atom stereocenters. The van der Waals surface area contributed by atoms with Gasteiger partial charge in [-0.2, -0.15) is 0 Å². The fourth-order valence-corrected chi connectivity index (χ4v) is 1.25. The number of carbonyl (C=O) groups is 1. The van der Waals surface area contributed by atoms with E-state index in [0.29, 0.717) is 12.2 Å². The number of ether oxygens (including phenoxy) is 1. The van der Waals surface area contributed by atoms with Gasteiger partial charge in [0.05, 0.1) is 12.2 Å². The third-order valence-electron chi connectivity index (χ3n) is 2.09. The SMILES string of the molecule is CCCCOc1c(F)cccc1C(C)=O. The molecular formula is C12H15FO2. The summed E-state index contributed by atoms with van der Waals surface area (Å²) in [4.78, 5) is 11.2. The lowest BCUT2D eigenvalue weighted by Crippen LogP contribution is -2.04. The number of halogens is 1. The summed E-state index contributed by atoms with van der Waals surface area (Å²) < 4.78 is 18.6. The van der Waals surface area contributed by atoms with Crippen LogP contribution in [0.5, 0.6) is 5.75 Å². The Hall–Kier alpha value is -1.38. The lowest BCUT2D eigenvalue weighted by Gasteiger charge is -2.09. The van der Waals surface area contributed by atoms with Crippen molar-refractivity contribution in [3.63, 3.8) is 0 Å². The molecule has 2 nitrogen and oxygen atoms in total. The van der Waals surface area contributed by atoms with E-state index in [1.807, 2.05) is 6.92 Å². The van der Waals surface area contributed by atoms with Gasteiger partial charge in [0, 0.05) is 0 Å². The molecular weight excluding hydrogens is 195 g/mol. The first-order chi connectivity index (χ1) is 7.16. The van der Waals surface area contributed by atoms with Crippen LogP contribution in [0.25, 0.3) is 0 Å². The first-order valence-corrected chi connectivity index (χ1v) is 5.09. The second kappa shape index (κ2) is 5.49. The van der Waals surface area contributed by atoms with Crippen molar-refractivity contribution in [3.8, 4) is 5.75 Å². The predicted octanol–water partition coefficient (Wildman–Crippen LogP) is 3.21. The van der Waals surface area contributed by atoms with Gasteiger partial charge in [-0.3, -0.25) is 4.79 Å². The van der Waals surface area contributed by atoms with Gasteiger partial charge in [-0.05, 0) is 25.5 Å². The fraction of sp³-hybridized carbons (Fsp3) is 0.417. The van der Waals surface area contributed by atoms with Crippen molar-refractivity contribution >= 4 is 5.78 Å². The summed E-state index contributed by atoms with van der Waals surface area (Å²) in [5, 5.41) is 0. The van der Waals surface area contributed by atoms with Crippen LogP contribution in [0.2, 0.25) is 0 Å². The topological polar surface area (TPSA) is 26.3 Å². The Labute approximate surface area is 89.1 Å². The maximum Gasteiger partial charge on any atom is 0.165 e. The highest BCUT2D eigenvalue weighted by molar-refractivity contribution is 5.96. The van der Waals surface area contributed by atoms with Crippen molar-refractivity contribution in [2.75, 3.05) is 6.61 Å². The summed E-state index contributed by atoms with van der Waals surface area (Å²) in [6, 6.07) is 4.39. The zero-order valence-electron chi connectivity index (χ0n) is 9.05. The predicted molar refractivity (Wildman–Crippen MR) is 56.8 cm³/mol. The van der Waals surface area contributed by atoms with Crippen LogP contribution < -0.4 is 4.74 Å². The molecule has 0 bridgehead atoms. The van der Waals surface area contributed by atoms with Gasteiger partial charge in [0.25, 0.3) is 0 Å². The van der Waals surface area contributed by atoms with Gasteiger partial charge in [0.2, 0.25) is 0 Å². The Morgan fingerprint density at radius 1 is 1.47 bits per heavy atom. The molecule has 0 saturated carbocycles. The van der Waals surface area contributed by atoms with Crippen LogP contribution in [-0.4, -0.2) is 12.4 Å². The van der Waals surface area contributed by atoms with E-state index in [1.165, 1.54) is 19.1 Å². The van der Waals surface area contributed by atoms with Crippen molar-refractivity contribution in [1.82, 2.24) is 0 Å². The molecule has 0 aliphatic carbocycles. The van der Waals surface area contributed by atoms with E-state index in [1.54, 1.807) is 6.07 Å². The van der Waals surface area contributed by atoms with Gasteiger partial charge in [-0.25, -0.2) is 4.39 Å². The Balaban J connectivity index is 2.87. The van der Waals surface area contributed by atoms with E-state index in [2.05, 4.69) is 0 Å². The number of unbranched alkanes of at least 4 members (excludes halogenated alkanes) is 1. The Bertz CT molecular complexity index is 347. The third kappa shape index (κ3) is 3.05. The molecule has 0 aliphatic heterocycles. The van der Waals surface area contributed by atoms with E-state index in [4.69, 9.17) is 4.74 Å². The standard InChI is InChI=1S/C12H15FO2/c1-3-4-8-15-12-10(9(2)14)6-5-7-11(12)13/h5-7H,3-4,8H2,1-2H3. The van der Waals surface area contributed by atoms with Gasteiger partial charge >= 0.3 is 0 Å². The Kier molecular flexibility index (Phi) is 4.28. The summed E-state index contributed by atoms with van der Waals surface area (Å²) in [7, 11) is 0. The van der Waals surface area contributed by atoms with Crippen LogP contribution in [0.3, 0.4) is 0 Å². The van der Waals surface area contributed by atoms with Crippen LogP contribution >= 0.6 is 0 Å². The third-order valence-corrected chi connectivity index (χ3v) is 2.09. The molecule has 15 heavy (non-hydrogen) atoms. The molecule has 0 heterocycles. The van der Waals surface area contributed by atoms with Crippen molar-refractivity contribution in [2.45, 2.75) is 26.7 Å². The van der Waals surface area contributed by atoms with Crippen LogP contribution in [0.4, 0.5) is 4.39 Å². The molecule has 3 heteroatoms. The van der Waals surface area contributed by atoms with Gasteiger partial charge in [-0.15, -0.1) is 0 Å². The van der Waals surface area contributed by atoms with Gasteiger partial charge in [0.15, 0.2) is 17.3 Å². The second-order valence-electron chi connectivity index (χ2n) is 3.37. The molecule has 1 aromatic carbocycles. The van der Waals surface area contributed by atoms with E-state index >= 15 is 0 Å². The van der Waals surface area contributed by atoms with Gasteiger partial charge in [-0.1, -0.05) is 19.4 Å². The number of carbonyl (C=O) groups excluding carboxylic acids is 1. The van der Waals surface area contributed by atoms with Crippen LogP contribution in [0.15, 0.2) is 18.2 Å². The molecule has 0 amide bonds. The van der Waals surface area contributed by atoms with E-state index in [0.717, 1.165) is 12.8 Å². The minimum absolute atomic E-state index is 0.0819. The van der Waals surface area contributed by atoms with Crippen LogP contribution in [0, 0.1) is 5.82 Å². The number of Topliss-reactive ketones (excluding diaryl/α,β-unsaturated/α-hetero) is 1. The maximum absolute atomic E-state index is 13.4. The smallest absolute Gasteiger partial charge is 0.165 e. The molecule has 82 valence electrons. The molecule has 0 spiro atoms. The first kappa shape index (κ1) is 11.7. The molecule has 0 fully saturated rings. The number of para-hydroxylation sites is 1. The van der Waals surface area contributed by atoms with Crippen LogP contribution in [-0.2, 0) is 0 Å². The number of rotatable bonds is 5. The maximum atomic E-state index is 13.4. The summed E-state index contributed by atoms with van der Waals surface area (Å²) in [6.45, 7) is 3.87. The van der Waals surface area contributed by atoms with E-state index < -0.39 is 5.82 Å². The normalized spacial score (nSPS) is 10.1. The number of ketones is 1. The zero-order valence-corrected chi connectivity index (χ0v) is 9.05. The molecule has 0 aliphatic rings. The van der Waals surface area contributed by atoms with Crippen molar-refractivity contribution < 1.29 is 13.9 Å². The minimum atomic E-state index is -0.473. The highest BCUT2D eigenvalue weighted by Crippen LogP contribution is 2.23. The molecule has 1 rings (SSSR count). The zero-order chi connectivity index (χ0) is 11.3.